The molecule has 4 heterocycles. The molecule has 258 valence electrons. The molecule has 2 saturated heterocycles. The number of amides is 3. The molecule has 4 aromatic rings. The van der Waals surface area contributed by atoms with Crippen molar-refractivity contribution in [2.24, 2.45) is 5.92 Å². The Hall–Kier alpha value is -4.94. The molecule has 3 N–H and O–H groups in total. The molecule has 3 fully saturated rings. The summed E-state index contributed by atoms with van der Waals surface area (Å²) in [5.74, 6) is 1.10. The number of carbonyl (C=O) groups excluding carboxylic acids is 4. The maximum absolute atomic E-state index is 13.1. The van der Waals surface area contributed by atoms with Gasteiger partial charge in [0.25, 0.3) is 5.91 Å². The molecule has 49 heavy (non-hydrogen) atoms. The van der Waals surface area contributed by atoms with Gasteiger partial charge in [-0.05, 0) is 110 Å². The van der Waals surface area contributed by atoms with E-state index in [0.717, 1.165) is 36.7 Å². The van der Waals surface area contributed by atoms with Gasteiger partial charge in [-0.25, -0.2) is 19.6 Å². The fourth-order valence-electron chi connectivity index (χ4n) is 6.91. The van der Waals surface area contributed by atoms with Gasteiger partial charge in [0.15, 0.2) is 5.78 Å². The van der Waals surface area contributed by atoms with Crippen LogP contribution in [0, 0.1) is 5.92 Å². The fraction of sp³-hybridized carbons (Fsp3) is 0.500. The van der Waals surface area contributed by atoms with Gasteiger partial charge in [0.1, 0.15) is 22.9 Å². The first-order valence-corrected chi connectivity index (χ1v) is 17.0. The lowest BCUT2D eigenvalue weighted by Gasteiger charge is -2.29. The SMILES string of the molecule is CC(C)(C)OC(=O)N1CCC[C@H]1c1nc2cc(C(=O)CNC(=O)c3ccc4[nH]c([C@@H]5C[C@@H]6C[C@@H]6N5C(=O)OC(C)(C)C)nc4c3)ccc2[nH]1. The predicted molar refractivity (Wildman–Crippen MR) is 181 cm³/mol. The third kappa shape index (κ3) is 6.70. The molecule has 3 amide bonds. The summed E-state index contributed by atoms with van der Waals surface area (Å²) in [6, 6.07) is 10.0. The molecular weight excluding hydrogens is 626 g/mol. The van der Waals surface area contributed by atoms with Crippen molar-refractivity contribution < 1.29 is 28.7 Å². The molecule has 1 saturated carbocycles. The van der Waals surface area contributed by atoms with E-state index in [-0.39, 0.29) is 42.6 Å². The van der Waals surface area contributed by atoms with E-state index in [9.17, 15) is 19.2 Å². The van der Waals surface area contributed by atoms with Crippen LogP contribution in [-0.2, 0) is 9.47 Å². The van der Waals surface area contributed by atoms with Crippen molar-refractivity contribution in [3.63, 3.8) is 0 Å². The van der Waals surface area contributed by atoms with Gasteiger partial charge >= 0.3 is 12.2 Å². The van der Waals surface area contributed by atoms with Crippen molar-refractivity contribution in [3.8, 4) is 0 Å². The minimum Gasteiger partial charge on any atom is -0.444 e. The van der Waals surface area contributed by atoms with Gasteiger partial charge in [0.2, 0.25) is 0 Å². The molecule has 2 aromatic heterocycles. The van der Waals surface area contributed by atoms with Crippen LogP contribution in [-0.4, -0.2) is 83.9 Å². The quantitative estimate of drug-likeness (QED) is 0.205. The standard InChI is InChI=1S/C36H43N7O6/c1-35(2,3)48-33(46)42-13-7-8-26(42)30-38-22-11-9-19(14-24(22)40-30)29(44)18-37-32(45)20-10-12-23-25(15-20)41-31(39-23)28-17-21-16-27(21)43(28)34(47)49-36(4,5)6/h9-12,14-15,21,26-28H,7-8,13,16-18H2,1-6H3,(H,37,45)(H,38,40)(H,39,41)/t21-,26-,27-,28-/m0/s1. The van der Waals surface area contributed by atoms with Gasteiger partial charge in [0, 0.05) is 23.7 Å². The van der Waals surface area contributed by atoms with Gasteiger partial charge in [0.05, 0.1) is 40.7 Å². The minimum atomic E-state index is -0.597. The van der Waals surface area contributed by atoms with Crippen molar-refractivity contribution in [3.05, 3.63) is 59.2 Å². The van der Waals surface area contributed by atoms with Crippen molar-refractivity contribution >= 4 is 45.9 Å². The Morgan fingerprint density at radius 3 is 2.06 bits per heavy atom. The van der Waals surface area contributed by atoms with E-state index in [0.29, 0.717) is 46.3 Å². The van der Waals surface area contributed by atoms with Crippen LogP contribution in [0.5, 0.6) is 0 Å². The third-order valence-corrected chi connectivity index (χ3v) is 9.22. The maximum Gasteiger partial charge on any atom is 0.411 e. The summed E-state index contributed by atoms with van der Waals surface area (Å²) < 4.78 is 11.3. The van der Waals surface area contributed by atoms with Crippen LogP contribution in [0.2, 0.25) is 0 Å². The lowest BCUT2D eigenvalue weighted by Crippen LogP contribution is -2.38. The van der Waals surface area contributed by atoms with Gasteiger partial charge in [-0.2, -0.15) is 0 Å². The summed E-state index contributed by atoms with van der Waals surface area (Å²) >= 11 is 0. The van der Waals surface area contributed by atoms with E-state index in [1.807, 2.05) is 41.5 Å². The zero-order valence-corrected chi connectivity index (χ0v) is 28.8. The number of Topliss-reactive ketones (excluding diaryl/α,β-unsaturated/α-hetero) is 1. The van der Waals surface area contributed by atoms with Crippen LogP contribution in [0.3, 0.4) is 0 Å². The number of imidazole rings is 2. The lowest BCUT2D eigenvalue weighted by atomic mass is 10.1. The van der Waals surface area contributed by atoms with Gasteiger partial charge in [-0.15, -0.1) is 0 Å². The highest BCUT2D eigenvalue weighted by atomic mass is 16.6. The molecule has 0 radical (unpaired) electrons. The summed E-state index contributed by atoms with van der Waals surface area (Å²) in [6.45, 7) is 11.5. The summed E-state index contributed by atoms with van der Waals surface area (Å²) in [4.78, 5) is 71.7. The topological polar surface area (TPSA) is 163 Å². The van der Waals surface area contributed by atoms with E-state index in [1.54, 1.807) is 46.2 Å². The Kier molecular flexibility index (Phi) is 7.91. The second-order valence-electron chi connectivity index (χ2n) is 15.3. The summed E-state index contributed by atoms with van der Waals surface area (Å²) in [6.07, 6.45) is 2.68. The summed E-state index contributed by atoms with van der Waals surface area (Å²) in [5.41, 5.74) is 2.31. The Morgan fingerprint density at radius 1 is 0.816 bits per heavy atom. The van der Waals surface area contributed by atoms with E-state index in [4.69, 9.17) is 19.4 Å². The molecular formula is C36H43N7O6. The highest BCUT2D eigenvalue weighted by molar-refractivity contribution is 6.04. The maximum atomic E-state index is 13.1. The number of nitrogens with zero attached hydrogens (tertiary/aromatic N) is 4. The van der Waals surface area contributed by atoms with E-state index in [1.165, 1.54) is 0 Å². The first-order valence-electron chi connectivity index (χ1n) is 17.0. The second-order valence-corrected chi connectivity index (χ2v) is 15.3. The number of nitrogens with one attached hydrogen (secondary N) is 3. The Bertz CT molecular complexity index is 1970. The molecule has 1 aliphatic carbocycles. The van der Waals surface area contributed by atoms with Crippen LogP contribution in [0.4, 0.5) is 9.59 Å². The number of ketones is 1. The second kappa shape index (κ2) is 11.9. The number of rotatable bonds is 6. The average molecular weight is 670 g/mol. The normalized spacial score (nSPS) is 22.0. The molecule has 7 rings (SSSR count). The number of carbonyl (C=O) groups is 4. The Balaban J connectivity index is 0.999. The molecule has 3 aliphatic rings. The molecule has 13 heteroatoms. The summed E-state index contributed by atoms with van der Waals surface area (Å²) in [7, 11) is 0. The van der Waals surface area contributed by atoms with Crippen LogP contribution >= 0.6 is 0 Å². The number of aromatic amines is 2. The number of fused-ring (bicyclic) bond motifs is 3. The number of likely N-dealkylation sites (tertiary alicyclic amines) is 2. The molecule has 0 bridgehead atoms. The minimum absolute atomic E-state index is 0.171. The van der Waals surface area contributed by atoms with Gasteiger partial charge in [-0.1, -0.05) is 0 Å². The fourth-order valence-corrected chi connectivity index (χ4v) is 6.91. The number of H-pyrrole nitrogens is 2. The first kappa shape index (κ1) is 32.6. The highest BCUT2D eigenvalue weighted by Gasteiger charge is 2.56. The van der Waals surface area contributed by atoms with E-state index < -0.39 is 17.1 Å². The zero-order valence-electron chi connectivity index (χ0n) is 28.8. The molecule has 4 atom stereocenters. The van der Waals surface area contributed by atoms with Crippen LogP contribution in [0.15, 0.2) is 36.4 Å². The largest absolute Gasteiger partial charge is 0.444 e. The van der Waals surface area contributed by atoms with Crippen molar-refractivity contribution in [1.29, 1.82) is 0 Å². The van der Waals surface area contributed by atoms with Crippen molar-refractivity contribution in [2.45, 2.75) is 96.6 Å². The van der Waals surface area contributed by atoms with Crippen LogP contribution < -0.4 is 5.32 Å². The lowest BCUT2D eigenvalue weighted by molar-refractivity contribution is 0.0173. The highest BCUT2D eigenvalue weighted by Crippen LogP contribution is 2.53. The zero-order chi connectivity index (χ0) is 34.8. The molecule has 0 spiro atoms. The van der Waals surface area contributed by atoms with E-state index >= 15 is 0 Å². The average Bonchev–Trinajstić information content (AvgIpc) is 3.49. The van der Waals surface area contributed by atoms with Crippen molar-refractivity contribution in [1.82, 2.24) is 35.1 Å². The van der Waals surface area contributed by atoms with Gasteiger partial charge in [-0.3, -0.25) is 19.4 Å². The molecule has 13 nitrogen and oxygen atoms in total. The summed E-state index contributed by atoms with van der Waals surface area (Å²) in [5, 5.41) is 2.73. The van der Waals surface area contributed by atoms with E-state index in [2.05, 4.69) is 15.3 Å². The molecule has 0 unspecified atom stereocenters. The number of piperidine rings is 1. The Labute approximate surface area is 284 Å². The first-order chi connectivity index (χ1) is 23.1. The van der Waals surface area contributed by atoms with Gasteiger partial charge < -0.3 is 24.8 Å². The number of benzene rings is 2. The van der Waals surface area contributed by atoms with Crippen molar-refractivity contribution in [2.75, 3.05) is 13.1 Å². The monoisotopic (exact) mass is 669 g/mol. The molecule has 2 aliphatic heterocycles. The van der Waals surface area contributed by atoms with Crippen LogP contribution in [0.1, 0.15) is 112 Å². The number of aromatic nitrogens is 4. The number of hydrogen-bond acceptors (Lipinski definition) is 8. The third-order valence-electron chi connectivity index (χ3n) is 9.22. The molecule has 2 aromatic carbocycles. The van der Waals surface area contributed by atoms with Crippen LogP contribution in [0.25, 0.3) is 22.1 Å². The smallest absolute Gasteiger partial charge is 0.411 e. The predicted octanol–water partition coefficient (Wildman–Crippen LogP) is 6.19. The Morgan fingerprint density at radius 2 is 1.41 bits per heavy atom. The number of hydrogen-bond donors (Lipinski definition) is 3. The number of ether oxygens (including phenoxy) is 2.